The Morgan fingerprint density at radius 3 is 2.74 bits per heavy atom. The SMILES string of the molecule is Cc1cc(OC(C)C)nc(NCC2(CCO)CC2)n1. The normalized spacial score (nSPS) is 16.5. The van der Waals surface area contributed by atoms with Crippen molar-refractivity contribution in [3.8, 4) is 5.88 Å². The van der Waals surface area contributed by atoms with E-state index in [2.05, 4.69) is 15.3 Å². The van der Waals surface area contributed by atoms with E-state index in [0.29, 0.717) is 11.8 Å². The molecule has 1 aliphatic carbocycles. The average molecular weight is 265 g/mol. The molecule has 0 saturated heterocycles. The summed E-state index contributed by atoms with van der Waals surface area (Å²) in [4.78, 5) is 8.73. The molecule has 1 saturated carbocycles. The number of aliphatic hydroxyl groups is 1. The van der Waals surface area contributed by atoms with Crippen molar-refractivity contribution in [1.29, 1.82) is 0 Å². The lowest BCUT2D eigenvalue weighted by Gasteiger charge is -2.15. The topological polar surface area (TPSA) is 67.3 Å². The number of hydrogen-bond acceptors (Lipinski definition) is 5. The third-order valence-corrected chi connectivity index (χ3v) is 3.41. The van der Waals surface area contributed by atoms with E-state index in [0.717, 1.165) is 18.7 Å². The van der Waals surface area contributed by atoms with Gasteiger partial charge in [0.2, 0.25) is 11.8 Å². The summed E-state index contributed by atoms with van der Waals surface area (Å²) in [5.41, 5.74) is 1.14. The first kappa shape index (κ1) is 14.1. The number of hydrogen-bond donors (Lipinski definition) is 2. The molecule has 1 aliphatic rings. The number of nitrogens with one attached hydrogen (secondary N) is 1. The second kappa shape index (κ2) is 5.74. The molecule has 19 heavy (non-hydrogen) atoms. The maximum absolute atomic E-state index is 9.05. The zero-order valence-electron chi connectivity index (χ0n) is 11.9. The Bertz CT molecular complexity index is 431. The van der Waals surface area contributed by atoms with E-state index >= 15 is 0 Å². The zero-order valence-corrected chi connectivity index (χ0v) is 11.9. The number of rotatable bonds is 7. The first-order valence-corrected chi connectivity index (χ1v) is 6.90. The van der Waals surface area contributed by atoms with E-state index in [4.69, 9.17) is 9.84 Å². The van der Waals surface area contributed by atoms with Gasteiger partial charge in [0.15, 0.2) is 0 Å². The van der Waals surface area contributed by atoms with E-state index in [1.165, 1.54) is 12.8 Å². The highest BCUT2D eigenvalue weighted by molar-refractivity contribution is 5.31. The van der Waals surface area contributed by atoms with Crippen molar-refractivity contribution in [1.82, 2.24) is 9.97 Å². The molecule has 1 heterocycles. The minimum Gasteiger partial charge on any atom is -0.475 e. The van der Waals surface area contributed by atoms with Crippen LogP contribution in [0.5, 0.6) is 5.88 Å². The van der Waals surface area contributed by atoms with Crippen LogP contribution in [0, 0.1) is 12.3 Å². The predicted octanol–water partition coefficient (Wildman–Crippen LogP) is 2.15. The highest BCUT2D eigenvalue weighted by Gasteiger charge is 2.41. The molecule has 1 aromatic rings. The Hall–Kier alpha value is -1.36. The van der Waals surface area contributed by atoms with Crippen LogP contribution in [0.25, 0.3) is 0 Å². The van der Waals surface area contributed by atoms with Gasteiger partial charge in [0, 0.05) is 24.9 Å². The molecule has 106 valence electrons. The van der Waals surface area contributed by atoms with Gasteiger partial charge in [-0.15, -0.1) is 0 Å². The lowest BCUT2D eigenvalue weighted by Crippen LogP contribution is -2.18. The largest absolute Gasteiger partial charge is 0.475 e. The third kappa shape index (κ3) is 4.06. The Morgan fingerprint density at radius 1 is 1.42 bits per heavy atom. The quantitative estimate of drug-likeness (QED) is 0.790. The Morgan fingerprint density at radius 2 is 2.16 bits per heavy atom. The minimum atomic E-state index is 0.103. The molecular formula is C14H23N3O2. The van der Waals surface area contributed by atoms with Crippen LogP contribution in [0.2, 0.25) is 0 Å². The van der Waals surface area contributed by atoms with Crippen molar-refractivity contribution in [2.45, 2.75) is 46.1 Å². The van der Waals surface area contributed by atoms with Gasteiger partial charge in [-0.3, -0.25) is 0 Å². The number of aryl methyl sites for hydroxylation is 1. The maximum atomic E-state index is 9.05. The number of nitrogens with zero attached hydrogens (tertiary/aromatic N) is 2. The summed E-state index contributed by atoms with van der Waals surface area (Å²) in [6.07, 6.45) is 3.29. The van der Waals surface area contributed by atoms with Crippen molar-refractivity contribution in [2.75, 3.05) is 18.5 Å². The van der Waals surface area contributed by atoms with Gasteiger partial charge >= 0.3 is 0 Å². The van der Waals surface area contributed by atoms with Crippen LogP contribution < -0.4 is 10.1 Å². The molecule has 5 nitrogen and oxygen atoms in total. The van der Waals surface area contributed by atoms with Crippen LogP contribution in [-0.4, -0.2) is 34.3 Å². The number of ether oxygens (including phenoxy) is 1. The summed E-state index contributed by atoms with van der Waals surface area (Å²) in [6.45, 7) is 6.95. The van der Waals surface area contributed by atoms with Gasteiger partial charge in [-0.05, 0) is 45.4 Å². The van der Waals surface area contributed by atoms with E-state index in [1.54, 1.807) is 0 Å². The summed E-state index contributed by atoms with van der Waals surface area (Å²) in [5, 5.41) is 12.3. The summed E-state index contributed by atoms with van der Waals surface area (Å²) in [5.74, 6) is 1.22. The van der Waals surface area contributed by atoms with Gasteiger partial charge in [-0.2, -0.15) is 4.98 Å². The molecule has 2 N–H and O–H groups in total. The highest BCUT2D eigenvalue weighted by atomic mass is 16.5. The van der Waals surface area contributed by atoms with Crippen molar-refractivity contribution in [3.63, 3.8) is 0 Å². The van der Waals surface area contributed by atoms with Crippen molar-refractivity contribution >= 4 is 5.95 Å². The molecule has 1 fully saturated rings. The molecule has 2 rings (SSSR count). The monoisotopic (exact) mass is 265 g/mol. The average Bonchev–Trinajstić information content (AvgIpc) is 3.06. The van der Waals surface area contributed by atoms with Crippen LogP contribution >= 0.6 is 0 Å². The number of aromatic nitrogens is 2. The summed E-state index contributed by atoms with van der Waals surface area (Å²) in [7, 11) is 0. The predicted molar refractivity (Wildman–Crippen MR) is 74.4 cm³/mol. The molecule has 1 aromatic heterocycles. The van der Waals surface area contributed by atoms with E-state index < -0.39 is 0 Å². The van der Waals surface area contributed by atoms with Crippen molar-refractivity contribution in [3.05, 3.63) is 11.8 Å². The highest BCUT2D eigenvalue weighted by Crippen LogP contribution is 2.48. The third-order valence-electron chi connectivity index (χ3n) is 3.41. The Labute approximate surface area is 114 Å². The van der Waals surface area contributed by atoms with Crippen molar-refractivity contribution in [2.24, 2.45) is 5.41 Å². The van der Waals surface area contributed by atoms with E-state index in [1.807, 2.05) is 26.8 Å². The molecule has 0 aromatic carbocycles. The van der Waals surface area contributed by atoms with Crippen LogP contribution in [0.1, 0.15) is 38.8 Å². The number of anilines is 1. The Kier molecular flexibility index (Phi) is 4.24. The summed E-state index contributed by atoms with van der Waals surface area (Å²) < 4.78 is 5.60. The summed E-state index contributed by atoms with van der Waals surface area (Å²) in [6, 6.07) is 1.84. The van der Waals surface area contributed by atoms with Gasteiger partial charge in [0.25, 0.3) is 0 Å². The van der Waals surface area contributed by atoms with Gasteiger partial charge in [-0.25, -0.2) is 4.98 Å². The van der Waals surface area contributed by atoms with Crippen LogP contribution in [0.15, 0.2) is 6.07 Å². The zero-order chi connectivity index (χ0) is 13.9. The van der Waals surface area contributed by atoms with Gasteiger partial charge in [0.05, 0.1) is 6.10 Å². The lowest BCUT2D eigenvalue weighted by atomic mass is 10.0. The van der Waals surface area contributed by atoms with Crippen LogP contribution in [0.3, 0.4) is 0 Å². The lowest BCUT2D eigenvalue weighted by molar-refractivity contribution is 0.232. The molecule has 0 bridgehead atoms. The standard InChI is InChI=1S/C14H23N3O2/c1-10(2)19-12-8-11(3)16-13(17-12)15-9-14(4-5-14)6-7-18/h8,10,18H,4-7,9H2,1-3H3,(H,15,16,17). The number of aliphatic hydroxyl groups excluding tert-OH is 1. The first-order valence-electron chi connectivity index (χ1n) is 6.90. The first-order chi connectivity index (χ1) is 9.03. The second-order valence-electron chi connectivity index (χ2n) is 5.66. The molecular weight excluding hydrogens is 242 g/mol. The summed E-state index contributed by atoms with van der Waals surface area (Å²) >= 11 is 0. The maximum Gasteiger partial charge on any atom is 0.226 e. The Balaban J connectivity index is 1.98. The molecule has 0 aliphatic heterocycles. The molecule has 0 radical (unpaired) electrons. The van der Waals surface area contributed by atoms with Crippen LogP contribution in [-0.2, 0) is 0 Å². The van der Waals surface area contributed by atoms with Gasteiger partial charge in [0.1, 0.15) is 0 Å². The molecule has 0 unspecified atom stereocenters. The second-order valence-corrected chi connectivity index (χ2v) is 5.66. The van der Waals surface area contributed by atoms with E-state index in [9.17, 15) is 0 Å². The van der Waals surface area contributed by atoms with E-state index in [-0.39, 0.29) is 18.1 Å². The molecule has 0 amide bonds. The molecule has 0 spiro atoms. The molecule has 5 heteroatoms. The minimum absolute atomic E-state index is 0.103. The smallest absolute Gasteiger partial charge is 0.226 e. The van der Waals surface area contributed by atoms with Crippen molar-refractivity contribution < 1.29 is 9.84 Å². The fraction of sp³-hybridized carbons (Fsp3) is 0.714. The van der Waals surface area contributed by atoms with Crippen LogP contribution in [0.4, 0.5) is 5.95 Å². The molecule has 0 atom stereocenters. The fourth-order valence-corrected chi connectivity index (χ4v) is 2.12. The van der Waals surface area contributed by atoms with Gasteiger partial charge in [-0.1, -0.05) is 0 Å². The fourth-order valence-electron chi connectivity index (χ4n) is 2.12. The van der Waals surface area contributed by atoms with Gasteiger partial charge < -0.3 is 15.2 Å².